The largest absolute Gasteiger partial charge is 1.00 e. The standard InChI is InChI=1S/C16H19ClSi.C16H25N2O7P.C12H18N2O4.C11H16N2O5.C11H14N2O5.C11H16N2O5.C9H22O6P2.C7H8O3S.C4H9O.K/c1-16(2,3)18(17,14-10-6-4-7-11-14)15-12-8-5-9-13-15;1-5-23-26(21,24-6-2)10-8-12-11(3)14(22-4)15(25-12)18-9-7-13(19)17-16(18)20;1-4-8-7(2)10(17-3)11(18-8)14-6-5-9(15)13-12(14)16;2*1-6-7(5-14)18-10(9(6)17-2)13-4-3-8(15)12-11(13)16;1-3-6-8(15)9(17-2)10(18-6)13-5-4-7(14)12-11(13)16;1-5-12-16(10,13-6-2)9-17(11,14-7-3)15-8-4;1-6-2-4-7(5-3-6)11(8,9)10;1-4(2,3)5;/h4-13H,1-3H3;7-12,14-15H,5-6H2,1-4H3,(H,17,19,20);5-8,10-11H,4H2,1-3H3,(H,13,15,16);3-4,6-7,9-10,14H,5H2,1-2H3,(H,12,15,16);3-7,9-10H,1-2H3,(H,12,15,16);4-6,8-10,15H,3H2,1-2H3,(H,12,14,16);5-9H2,1-4H3;2-5H,1H3,(H,8,9,10);1-3H3;/q;;;;;;;;-1;+1/b;10-8+;;;;;;;;/t;11?,12-,14+,15-;7?,8-,10+,11-;2*6?,7-,9+,10-;6-,8?,9+,10-;;;;/m.11111..../s1. The van der Waals surface area contributed by atoms with E-state index in [9.17, 15) is 90.2 Å². The predicted octanol–water partition coefficient (Wildman–Crippen LogP) is 5.59. The van der Waals surface area contributed by atoms with Gasteiger partial charge >= 0.3 is 103 Å². The first-order valence-corrected chi connectivity index (χ1v) is 57.7. The molecule has 0 aliphatic carbocycles. The van der Waals surface area contributed by atoms with E-state index in [1.54, 1.807) is 87.6 Å². The van der Waals surface area contributed by atoms with E-state index < -0.39 is 182 Å². The molecule has 5 fully saturated rings. The van der Waals surface area contributed by atoms with Crippen molar-refractivity contribution in [1.82, 2.24) is 47.8 Å². The van der Waals surface area contributed by atoms with Gasteiger partial charge < -0.3 is 94.6 Å². The van der Waals surface area contributed by atoms with Crippen LogP contribution in [0.15, 0.2) is 211 Å². The molecular weight excluding hydrogens is 2110 g/mol. The van der Waals surface area contributed by atoms with Crippen LogP contribution in [0.4, 0.5) is 0 Å². The Bertz CT molecular complexity index is 6070. The van der Waals surface area contributed by atoms with Crippen LogP contribution >= 0.6 is 33.9 Å². The fraction of sp³-hybridized carbons (Fsp3) is 0.577. The summed E-state index contributed by atoms with van der Waals surface area (Å²) in [4.78, 5) is 136. The molecule has 3 aromatic carbocycles. The molecule has 5 aliphatic rings. The van der Waals surface area contributed by atoms with Gasteiger partial charge in [0, 0.05) is 126 Å². The van der Waals surface area contributed by atoms with E-state index in [4.69, 9.17) is 90.1 Å². The Morgan fingerprint density at radius 2 is 0.713 bits per heavy atom. The molecule has 8 N–H and O–H groups in total. The Morgan fingerprint density at radius 1 is 0.433 bits per heavy atom. The van der Waals surface area contributed by atoms with Crippen LogP contribution in [-0.4, -0.2) is 245 Å². The van der Waals surface area contributed by atoms with Gasteiger partial charge in [0.1, 0.15) is 49.0 Å². The zero-order valence-electron chi connectivity index (χ0n) is 89.4. The zero-order valence-corrected chi connectivity index (χ0v) is 97.8. The summed E-state index contributed by atoms with van der Waals surface area (Å²) in [6.45, 7) is 36.5. The smallest absolute Gasteiger partial charge is 0.850 e. The molecule has 5 saturated heterocycles. The van der Waals surface area contributed by atoms with Crippen molar-refractivity contribution in [3.8, 4) is 0 Å². The average molecular weight is 2260 g/mol. The fourth-order valence-corrected chi connectivity index (χ4v) is 26.9. The molecule has 0 spiro atoms. The second-order valence-corrected chi connectivity index (χ2v) is 49.7. The average Bonchev–Trinajstić information content (AvgIpc) is 1.17. The Hall–Kier alpha value is -7.55. The number of benzene rings is 3. The van der Waals surface area contributed by atoms with Crippen molar-refractivity contribution >= 4 is 68.0 Å². The van der Waals surface area contributed by atoms with Gasteiger partial charge in [0.05, 0.1) is 75.6 Å². The number of nitrogens with zero attached hydrogens (tertiary/aromatic N) is 5. The number of hydrogen-bond acceptors (Lipinski definition) is 35. The molecule has 5 unspecified atom stereocenters. The van der Waals surface area contributed by atoms with Crippen molar-refractivity contribution in [3.63, 3.8) is 0 Å². The van der Waals surface area contributed by atoms with Crippen LogP contribution in [0.25, 0.3) is 0 Å². The van der Waals surface area contributed by atoms with Crippen LogP contribution in [0.2, 0.25) is 5.04 Å². The van der Waals surface area contributed by atoms with Crippen LogP contribution in [0, 0.1) is 30.6 Å². The summed E-state index contributed by atoms with van der Waals surface area (Å²) in [5, 5.41) is 31.9. The van der Waals surface area contributed by atoms with Crippen LogP contribution in [0.5, 0.6) is 0 Å². The number of aromatic amines is 5. The summed E-state index contributed by atoms with van der Waals surface area (Å²) in [5.41, 5.74) is -4.91. The normalized spacial score (nSPS) is 24.0. The van der Waals surface area contributed by atoms with E-state index in [1.165, 1.54) is 141 Å². The minimum absolute atomic E-state index is 0. The number of carbonyl (C=O) groups is 1. The van der Waals surface area contributed by atoms with E-state index in [-0.39, 0.29) is 155 Å². The van der Waals surface area contributed by atoms with Crippen molar-refractivity contribution in [1.29, 1.82) is 0 Å². The van der Waals surface area contributed by atoms with Crippen LogP contribution in [0.1, 0.15) is 174 Å². The minimum Gasteiger partial charge on any atom is -0.850 e. The van der Waals surface area contributed by atoms with Crippen molar-refractivity contribution in [2.24, 2.45) is 23.7 Å². The third-order valence-electron chi connectivity index (χ3n) is 23.5. The van der Waals surface area contributed by atoms with E-state index in [1.807, 2.05) is 60.6 Å². The van der Waals surface area contributed by atoms with E-state index in [0.29, 0.717) is 12.7 Å². The number of aliphatic hydroxyl groups excluding tert-OH is 2. The molecule has 53 heteroatoms. The number of aldehydes is 1. The van der Waals surface area contributed by atoms with Crippen LogP contribution in [0.3, 0.4) is 0 Å². The second-order valence-electron chi connectivity index (χ2n) is 36.1. The molecule has 10 heterocycles. The maximum Gasteiger partial charge on any atom is 1.00 e. The molecule has 834 valence electrons. The number of aromatic nitrogens is 10. The number of aliphatic hydroxyl groups is 2. The van der Waals surface area contributed by atoms with Crippen molar-refractivity contribution < 1.29 is 173 Å². The van der Waals surface area contributed by atoms with E-state index in [2.05, 4.69) is 94.2 Å². The number of aryl methyl sites for hydroxylation is 1. The Labute approximate surface area is 918 Å². The van der Waals surface area contributed by atoms with E-state index >= 15 is 0 Å². The van der Waals surface area contributed by atoms with Crippen LogP contribution < -0.4 is 123 Å². The minimum atomic E-state index is -4.02. The first-order chi connectivity index (χ1) is 70.1. The summed E-state index contributed by atoms with van der Waals surface area (Å²) < 4.78 is 159. The molecule has 8 aromatic rings. The SMILES string of the molecule is CC(C)(C)[O-].CC(C)(C)[Si](Cl)(c1ccccc1)c1ccccc1.CCOP(=O)(/C=C/[C@H]1O[C@@H](n2ccc(=O)[nH]c2=O)[C@@H](OC)C1C)OCC.CCOP(=O)(CP(=O)(OCC)OCC)OCC.CC[C@H]1O[C@@H](n2ccc(=O)[nH]c2=O)[C@@H](OC)C1C.CC[C@H]1O[C@@H](n2ccc(=O)[nH]c2=O)[C@@H](OC)C1O.CO[C@H]1C(C)[C@@H](C=O)O[C@H]1n1ccc(=O)[nH]c1=O.CO[C@H]1C(C)[C@@H](CO)O[C@H]1n1ccc(=O)[nH]c1=O.Cc1ccc(S(=O)(=O)O)cc1.[K+]. The third kappa shape index (κ3) is 39.1. The molecule has 20 atom stereocenters. The van der Waals surface area contributed by atoms with Gasteiger partial charge in [-0.2, -0.15) is 19.5 Å². The second kappa shape index (κ2) is 63.6. The third-order valence-corrected chi connectivity index (χ3v) is 38.8. The number of rotatable bonds is 33. The number of halogens is 1. The first-order valence-electron chi connectivity index (χ1n) is 48.2. The van der Waals surface area contributed by atoms with Gasteiger partial charge in [-0.3, -0.25) is 90.0 Å². The molecular formula is C97H147ClKN10O36P3SSi. The van der Waals surface area contributed by atoms with Crippen LogP contribution in [-0.2, 0) is 103 Å². The van der Waals surface area contributed by atoms with Crippen molar-refractivity contribution in [2.75, 3.05) is 87.7 Å². The van der Waals surface area contributed by atoms with E-state index in [0.717, 1.165) is 12.0 Å². The number of H-pyrrole nitrogens is 5. The quantitative estimate of drug-likeness (QED) is 0.00816. The fourth-order valence-electron chi connectivity index (χ4n) is 16.3. The molecule has 46 nitrogen and oxygen atoms in total. The molecule has 5 aromatic heterocycles. The molecule has 0 amide bonds. The number of hydrogen-bond donors (Lipinski definition) is 8. The van der Waals surface area contributed by atoms with Crippen molar-refractivity contribution in [2.45, 2.75) is 258 Å². The van der Waals surface area contributed by atoms with Gasteiger partial charge in [-0.15, -0.1) is 5.60 Å². The maximum absolute atomic E-state index is 12.6. The number of methoxy groups -OCH3 is 5. The monoisotopic (exact) mass is 2250 g/mol. The van der Waals surface area contributed by atoms with Gasteiger partial charge in [0.25, 0.3) is 37.9 Å². The maximum atomic E-state index is 12.6. The predicted molar refractivity (Wildman–Crippen MR) is 557 cm³/mol. The Kier molecular flexibility index (Phi) is 57.1. The first kappa shape index (κ1) is 135. The number of nitrogens with one attached hydrogen (secondary N) is 5. The Morgan fingerprint density at radius 3 is 0.993 bits per heavy atom. The number of carbonyl (C=O) groups excluding carboxylic acids is 1. The molecule has 13 rings (SSSR count). The summed E-state index contributed by atoms with van der Waals surface area (Å²) in [6, 6.07) is 33.3. The van der Waals surface area contributed by atoms with Crippen molar-refractivity contribution in [3.05, 3.63) is 268 Å². The zero-order chi connectivity index (χ0) is 112. The molecule has 0 bridgehead atoms. The van der Waals surface area contributed by atoms with Gasteiger partial charge in [-0.1, -0.05) is 161 Å². The molecule has 0 radical (unpaired) electrons. The van der Waals surface area contributed by atoms with Gasteiger partial charge in [0.15, 0.2) is 37.0 Å². The summed E-state index contributed by atoms with van der Waals surface area (Å²) >= 11 is 7.21. The molecule has 150 heavy (non-hydrogen) atoms. The summed E-state index contributed by atoms with van der Waals surface area (Å²) in [7, 11) is -8.85. The number of ether oxygens (including phenoxy) is 10. The molecule has 5 aliphatic heterocycles. The summed E-state index contributed by atoms with van der Waals surface area (Å²) in [5.74, 6) is 0.871. The summed E-state index contributed by atoms with van der Waals surface area (Å²) in [6.07, 6.45) is 2.60. The van der Waals surface area contributed by atoms with Gasteiger partial charge in [-0.05, 0) is 94.9 Å². The van der Waals surface area contributed by atoms with Gasteiger partial charge in [-0.25, -0.2) is 24.0 Å². The molecule has 0 saturated carbocycles. The Balaban J connectivity index is 0.000000356. The topological polar surface area (TPSA) is 608 Å². The van der Waals surface area contributed by atoms with Gasteiger partial charge in [0.2, 0.25) is 7.38 Å².